The van der Waals surface area contributed by atoms with E-state index in [4.69, 9.17) is 9.47 Å². The molecule has 196 valence electrons. The zero-order chi connectivity index (χ0) is 26.3. The summed E-state index contributed by atoms with van der Waals surface area (Å²) >= 11 is 1.67. The number of carbonyl (C=O) groups excluding carboxylic acids is 1. The number of hydrogen-bond donors (Lipinski definition) is 1. The number of anilines is 3. The van der Waals surface area contributed by atoms with Gasteiger partial charge in [-0.25, -0.2) is 4.79 Å². The predicted molar refractivity (Wildman–Crippen MR) is 151 cm³/mol. The number of fused-ring (bicyclic) bond motifs is 1. The van der Waals surface area contributed by atoms with Crippen LogP contribution in [0.3, 0.4) is 0 Å². The van der Waals surface area contributed by atoms with Crippen LogP contribution < -0.4 is 19.3 Å². The van der Waals surface area contributed by atoms with Crippen molar-refractivity contribution in [2.24, 2.45) is 0 Å². The highest BCUT2D eigenvalue weighted by Gasteiger charge is 2.35. The van der Waals surface area contributed by atoms with Gasteiger partial charge in [0, 0.05) is 31.9 Å². The average Bonchev–Trinajstić information content (AvgIpc) is 2.99. The van der Waals surface area contributed by atoms with E-state index in [-0.39, 0.29) is 5.54 Å². The lowest BCUT2D eigenvalue weighted by molar-refractivity contribution is -0.148. The van der Waals surface area contributed by atoms with Crippen molar-refractivity contribution in [2.75, 3.05) is 30.4 Å². The Morgan fingerprint density at radius 2 is 1.92 bits per heavy atom. The number of ether oxygens (including phenoxy) is 2. The number of benzene rings is 2. The average molecular weight is 512 g/mol. The van der Waals surface area contributed by atoms with Crippen LogP contribution in [-0.4, -0.2) is 37.7 Å². The standard InChI is InChI=1S/C29H41N3O3S/c1-8-10-17-29(9-2)21-32(22-14-12-11-13-15-22)24-19-23(31(6)7)25(20-26(24)36-30-29)34-18-16-27(33)35-28(3,4)5/h11-16,18-20,30H,8-10,17,21H2,1-7H3/b18-16+. The van der Waals surface area contributed by atoms with Gasteiger partial charge in [-0.1, -0.05) is 44.9 Å². The normalized spacial score (nSPS) is 18.0. The topological polar surface area (TPSA) is 54.0 Å². The third-order valence-corrected chi connectivity index (χ3v) is 7.29. The molecule has 0 aromatic heterocycles. The van der Waals surface area contributed by atoms with Gasteiger partial charge < -0.3 is 19.3 Å². The first-order valence-electron chi connectivity index (χ1n) is 12.8. The van der Waals surface area contributed by atoms with Crippen LogP contribution in [0.1, 0.15) is 60.3 Å². The van der Waals surface area contributed by atoms with Crippen LogP contribution >= 0.6 is 11.9 Å². The zero-order valence-electron chi connectivity index (χ0n) is 22.8. The first kappa shape index (κ1) is 27.9. The highest BCUT2D eigenvalue weighted by Crippen LogP contribution is 2.45. The number of esters is 1. The first-order valence-corrected chi connectivity index (χ1v) is 13.6. The Labute approximate surface area is 221 Å². The third-order valence-electron chi connectivity index (χ3n) is 6.21. The van der Waals surface area contributed by atoms with E-state index in [1.807, 2.05) is 39.8 Å². The van der Waals surface area contributed by atoms with Crippen molar-refractivity contribution in [1.29, 1.82) is 0 Å². The first-order chi connectivity index (χ1) is 17.1. The third kappa shape index (κ3) is 7.20. The minimum Gasteiger partial charge on any atom is -0.463 e. The summed E-state index contributed by atoms with van der Waals surface area (Å²) in [4.78, 5) is 17.7. The number of hydrogen-bond acceptors (Lipinski definition) is 7. The molecule has 0 aliphatic carbocycles. The van der Waals surface area contributed by atoms with Gasteiger partial charge in [0.25, 0.3) is 0 Å². The molecular weight excluding hydrogens is 470 g/mol. The molecular formula is C29H41N3O3S. The maximum absolute atomic E-state index is 12.1. The van der Waals surface area contributed by atoms with Gasteiger partial charge >= 0.3 is 5.97 Å². The van der Waals surface area contributed by atoms with Crippen LogP contribution in [0.2, 0.25) is 0 Å². The Bertz CT molecular complexity index is 1050. The quantitative estimate of drug-likeness (QED) is 0.167. The summed E-state index contributed by atoms with van der Waals surface area (Å²) in [5.41, 5.74) is 2.67. The van der Waals surface area contributed by atoms with Crippen LogP contribution in [0, 0.1) is 0 Å². The summed E-state index contributed by atoms with van der Waals surface area (Å²) in [5.74, 6) is 0.247. The maximum atomic E-state index is 12.1. The Morgan fingerprint density at radius 1 is 1.19 bits per heavy atom. The van der Waals surface area contributed by atoms with Crippen molar-refractivity contribution in [3.63, 3.8) is 0 Å². The Hall–Kier alpha value is -2.64. The minimum absolute atomic E-state index is 0.0224. The molecule has 1 N–H and O–H groups in total. The van der Waals surface area contributed by atoms with Crippen molar-refractivity contribution in [3.05, 3.63) is 54.8 Å². The lowest BCUT2D eigenvalue weighted by atomic mass is 9.89. The van der Waals surface area contributed by atoms with Crippen molar-refractivity contribution >= 4 is 35.0 Å². The molecule has 2 aromatic rings. The van der Waals surface area contributed by atoms with Crippen molar-refractivity contribution < 1.29 is 14.3 Å². The molecule has 0 fully saturated rings. The molecule has 0 radical (unpaired) electrons. The van der Waals surface area contributed by atoms with Gasteiger partial charge in [-0.3, -0.25) is 4.72 Å². The predicted octanol–water partition coefficient (Wildman–Crippen LogP) is 7.07. The van der Waals surface area contributed by atoms with Gasteiger partial charge in [0.2, 0.25) is 0 Å². The molecule has 3 rings (SSSR count). The summed E-state index contributed by atoms with van der Waals surface area (Å²) in [6.45, 7) is 10.9. The van der Waals surface area contributed by atoms with Gasteiger partial charge in [-0.2, -0.15) is 0 Å². The number of carbonyl (C=O) groups is 1. The summed E-state index contributed by atoms with van der Waals surface area (Å²) in [7, 11) is 4.00. The number of para-hydroxylation sites is 1. The highest BCUT2D eigenvalue weighted by molar-refractivity contribution is 7.97. The molecule has 1 unspecified atom stereocenters. The smallest absolute Gasteiger partial charge is 0.334 e. The van der Waals surface area contributed by atoms with Crippen molar-refractivity contribution in [2.45, 2.75) is 76.3 Å². The van der Waals surface area contributed by atoms with Gasteiger partial charge in [0.05, 0.1) is 28.6 Å². The van der Waals surface area contributed by atoms with Crippen LogP contribution in [0.5, 0.6) is 5.75 Å². The second-order valence-corrected chi connectivity index (χ2v) is 11.3. The summed E-state index contributed by atoms with van der Waals surface area (Å²) in [6.07, 6.45) is 7.20. The molecule has 1 aliphatic heterocycles. The Kier molecular flexibility index (Phi) is 9.36. The van der Waals surface area contributed by atoms with Crippen LogP contribution in [0.4, 0.5) is 17.1 Å². The van der Waals surface area contributed by atoms with E-state index in [1.165, 1.54) is 30.9 Å². The van der Waals surface area contributed by atoms with Crippen molar-refractivity contribution in [1.82, 2.24) is 4.72 Å². The molecule has 0 saturated carbocycles. The summed E-state index contributed by atoms with van der Waals surface area (Å²) in [5, 5.41) is 0. The molecule has 0 spiro atoms. The number of unbranched alkanes of at least 4 members (excludes halogenated alkanes) is 1. The van der Waals surface area contributed by atoms with Gasteiger partial charge in [0.15, 0.2) is 5.75 Å². The van der Waals surface area contributed by atoms with Crippen LogP contribution in [-0.2, 0) is 9.53 Å². The molecule has 0 saturated heterocycles. The summed E-state index contributed by atoms with van der Waals surface area (Å²) < 4.78 is 15.2. The Morgan fingerprint density at radius 3 is 2.53 bits per heavy atom. The van der Waals surface area contributed by atoms with E-state index in [1.54, 1.807) is 11.9 Å². The largest absolute Gasteiger partial charge is 0.463 e. The van der Waals surface area contributed by atoms with Crippen LogP contribution in [0.25, 0.3) is 0 Å². The molecule has 0 bridgehead atoms. The van der Waals surface area contributed by atoms with Gasteiger partial charge in [-0.05, 0) is 69.8 Å². The monoisotopic (exact) mass is 511 g/mol. The van der Waals surface area contributed by atoms with E-state index >= 15 is 0 Å². The van der Waals surface area contributed by atoms with Crippen LogP contribution in [0.15, 0.2) is 59.7 Å². The van der Waals surface area contributed by atoms with E-state index in [0.717, 1.165) is 35.7 Å². The number of nitrogens with one attached hydrogen (secondary N) is 1. The molecule has 0 amide bonds. The lowest BCUT2D eigenvalue weighted by Crippen LogP contribution is -2.48. The molecule has 1 heterocycles. The maximum Gasteiger partial charge on any atom is 0.334 e. The fourth-order valence-corrected chi connectivity index (χ4v) is 5.28. The second kappa shape index (κ2) is 12.1. The molecule has 2 aromatic carbocycles. The highest BCUT2D eigenvalue weighted by atomic mass is 32.2. The second-order valence-electron chi connectivity index (χ2n) is 10.5. The lowest BCUT2D eigenvalue weighted by Gasteiger charge is -2.37. The fourth-order valence-electron chi connectivity index (χ4n) is 4.20. The summed E-state index contributed by atoms with van der Waals surface area (Å²) in [6, 6.07) is 14.8. The minimum atomic E-state index is -0.549. The molecule has 7 heteroatoms. The zero-order valence-corrected chi connectivity index (χ0v) is 23.6. The molecule has 1 aliphatic rings. The van der Waals surface area contributed by atoms with E-state index < -0.39 is 11.6 Å². The molecule has 36 heavy (non-hydrogen) atoms. The fraction of sp³-hybridized carbons (Fsp3) is 0.483. The van der Waals surface area contributed by atoms with Crippen molar-refractivity contribution in [3.8, 4) is 5.75 Å². The SMILES string of the molecule is CCCCC1(CC)CN(c2ccccc2)c2cc(N(C)C)c(O/C=C/C(=O)OC(C)(C)C)cc2SN1. The van der Waals surface area contributed by atoms with Gasteiger partial charge in [0.1, 0.15) is 5.60 Å². The van der Waals surface area contributed by atoms with E-state index in [0.29, 0.717) is 5.75 Å². The molecule has 1 atom stereocenters. The van der Waals surface area contributed by atoms with E-state index in [2.05, 4.69) is 65.9 Å². The Balaban J connectivity index is 2.01. The van der Waals surface area contributed by atoms with E-state index in [9.17, 15) is 4.79 Å². The molecule has 6 nitrogen and oxygen atoms in total. The number of rotatable bonds is 9. The number of nitrogens with zero attached hydrogens (tertiary/aromatic N) is 2. The van der Waals surface area contributed by atoms with Gasteiger partial charge in [-0.15, -0.1) is 0 Å².